The fourth-order valence-corrected chi connectivity index (χ4v) is 2.01. The van der Waals surface area contributed by atoms with Crippen molar-refractivity contribution in [2.24, 2.45) is 5.92 Å². The van der Waals surface area contributed by atoms with Gasteiger partial charge in [0.15, 0.2) is 0 Å². The fraction of sp³-hybridized carbons (Fsp3) is 0.500. The molecule has 0 unspecified atom stereocenters. The second-order valence-corrected chi connectivity index (χ2v) is 4.23. The Hall–Kier alpha value is -1.35. The van der Waals surface area contributed by atoms with E-state index in [0.717, 1.165) is 5.56 Å². The normalized spacial score (nSPS) is 16.0. The van der Waals surface area contributed by atoms with Gasteiger partial charge in [-0.15, -0.1) is 0 Å². The van der Waals surface area contributed by atoms with Crippen LogP contribution in [0.4, 0.5) is 0 Å². The predicted octanol–water partition coefficient (Wildman–Crippen LogP) is 2.48. The van der Waals surface area contributed by atoms with Gasteiger partial charge in [-0.2, -0.15) is 0 Å². The molecule has 0 saturated carbocycles. The maximum atomic E-state index is 11.8. The summed E-state index contributed by atoms with van der Waals surface area (Å²) in [4.78, 5) is 11.8. The molecular weight excluding hydrogens is 216 g/mol. The van der Waals surface area contributed by atoms with Crippen molar-refractivity contribution in [3.63, 3.8) is 0 Å². The molecule has 1 N–H and O–H groups in total. The molecule has 1 rings (SSSR count). The minimum absolute atomic E-state index is 0.334. The standard InChI is InChI=1S/C14H20O3/c1-4-12(13(15)17-5-2)14(3,16)11-9-7-6-8-10-11/h6-10,12,16H,4-5H2,1-3H3/t12-,14-/m1/s1. The van der Waals surface area contributed by atoms with E-state index in [0.29, 0.717) is 13.0 Å². The lowest BCUT2D eigenvalue weighted by Gasteiger charge is -2.31. The van der Waals surface area contributed by atoms with E-state index in [1.54, 1.807) is 13.8 Å². The van der Waals surface area contributed by atoms with Gasteiger partial charge in [0.1, 0.15) is 5.60 Å². The Balaban J connectivity index is 2.98. The largest absolute Gasteiger partial charge is 0.466 e. The zero-order valence-corrected chi connectivity index (χ0v) is 10.6. The van der Waals surface area contributed by atoms with Gasteiger partial charge in [0.25, 0.3) is 0 Å². The van der Waals surface area contributed by atoms with E-state index in [2.05, 4.69) is 0 Å². The van der Waals surface area contributed by atoms with E-state index in [1.165, 1.54) is 0 Å². The summed E-state index contributed by atoms with van der Waals surface area (Å²) in [5.74, 6) is -0.881. The van der Waals surface area contributed by atoms with Crippen LogP contribution in [0.15, 0.2) is 30.3 Å². The molecule has 0 heterocycles. The summed E-state index contributed by atoms with van der Waals surface area (Å²) in [7, 11) is 0. The maximum Gasteiger partial charge on any atom is 0.312 e. The van der Waals surface area contributed by atoms with Crippen molar-refractivity contribution < 1.29 is 14.6 Å². The molecule has 0 bridgehead atoms. The van der Waals surface area contributed by atoms with Crippen molar-refractivity contribution in [3.8, 4) is 0 Å². The molecule has 0 saturated heterocycles. The third-order valence-corrected chi connectivity index (χ3v) is 3.02. The van der Waals surface area contributed by atoms with Crippen LogP contribution < -0.4 is 0 Å². The monoisotopic (exact) mass is 236 g/mol. The first-order chi connectivity index (χ1) is 8.04. The highest BCUT2D eigenvalue weighted by Crippen LogP contribution is 2.32. The predicted molar refractivity (Wildman–Crippen MR) is 66.4 cm³/mol. The average molecular weight is 236 g/mol. The molecule has 0 fully saturated rings. The second kappa shape index (κ2) is 5.82. The van der Waals surface area contributed by atoms with Gasteiger partial charge in [0.05, 0.1) is 12.5 Å². The Morgan fingerprint density at radius 2 is 1.94 bits per heavy atom. The average Bonchev–Trinajstić information content (AvgIpc) is 2.31. The molecule has 2 atom stereocenters. The van der Waals surface area contributed by atoms with E-state index < -0.39 is 11.5 Å². The van der Waals surface area contributed by atoms with Crippen LogP contribution in [0.1, 0.15) is 32.8 Å². The van der Waals surface area contributed by atoms with Crippen molar-refractivity contribution in [1.82, 2.24) is 0 Å². The molecule has 0 spiro atoms. The van der Waals surface area contributed by atoms with E-state index in [9.17, 15) is 9.90 Å². The molecule has 0 radical (unpaired) electrons. The van der Waals surface area contributed by atoms with E-state index in [-0.39, 0.29) is 5.97 Å². The van der Waals surface area contributed by atoms with Crippen LogP contribution in [0.2, 0.25) is 0 Å². The number of aliphatic hydroxyl groups is 1. The van der Waals surface area contributed by atoms with Crippen molar-refractivity contribution in [2.75, 3.05) is 6.61 Å². The molecule has 0 aliphatic heterocycles. The molecule has 3 heteroatoms. The fourth-order valence-electron chi connectivity index (χ4n) is 2.01. The Morgan fingerprint density at radius 1 is 1.35 bits per heavy atom. The van der Waals surface area contributed by atoms with Crippen LogP contribution in [0.25, 0.3) is 0 Å². The lowest BCUT2D eigenvalue weighted by Crippen LogP contribution is -2.38. The summed E-state index contributed by atoms with van der Waals surface area (Å²) in [5.41, 5.74) is -0.456. The molecule has 0 aromatic heterocycles. The molecule has 3 nitrogen and oxygen atoms in total. The van der Waals surface area contributed by atoms with Crippen molar-refractivity contribution in [3.05, 3.63) is 35.9 Å². The highest BCUT2D eigenvalue weighted by atomic mass is 16.5. The van der Waals surface area contributed by atoms with Gasteiger partial charge in [0, 0.05) is 0 Å². The van der Waals surface area contributed by atoms with Gasteiger partial charge < -0.3 is 9.84 Å². The summed E-state index contributed by atoms with van der Waals surface area (Å²) >= 11 is 0. The zero-order valence-electron chi connectivity index (χ0n) is 10.6. The first-order valence-corrected chi connectivity index (χ1v) is 5.98. The van der Waals surface area contributed by atoms with Crippen molar-refractivity contribution in [2.45, 2.75) is 32.8 Å². The van der Waals surface area contributed by atoms with Crippen LogP contribution in [0.5, 0.6) is 0 Å². The van der Waals surface area contributed by atoms with Gasteiger partial charge >= 0.3 is 5.97 Å². The van der Waals surface area contributed by atoms with Crippen LogP contribution in [-0.2, 0) is 15.1 Å². The lowest BCUT2D eigenvalue weighted by molar-refractivity contribution is -0.158. The summed E-state index contributed by atoms with van der Waals surface area (Å²) in [5, 5.41) is 10.5. The molecule has 0 aliphatic rings. The van der Waals surface area contributed by atoms with E-state index in [1.807, 2.05) is 37.3 Å². The quantitative estimate of drug-likeness (QED) is 0.799. The minimum atomic E-state index is -1.19. The Labute approximate surface area is 102 Å². The first-order valence-electron chi connectivity index (χ1n) is 5.98. The van der Waals surface area contributed by atoms with Crippen molar-refractivity contribution in [1.29, 1.82) is 0 Å². The summed E-state index contributed by atoms with van der Waals surface area (Å²) in [6.45, 7) is 5.63. The van der Waals surface area contributed by atoms with Crippen LogP contribution in [0, 0.1) is 5.92 Å². The maximum absolute atomic E-state index is 11.8. The Morgan fingerprint density at radius 3 is 2.41 bits per heavy atom. The highest BCUT2D eigenvalue weighted by Gasteiger charge is 2.38. The van der Waals surface area contributed by atoms with Crippen LogP contribution >= 0.6 is 0 Å². The van der Waals surface area contributed by atoms with E-state index >= 15 is 0 Å². The third kappa shape index (κ3) is 3.07. The van der Waals surface area contributed by atoms with Gasteiger partial charge in [-0.1, -0.05) is 37.3 Å². The Kier molecular flexibility index (Phi) is 4.70. The molecule has 1 aromatic carbocycles. The van der Waals surface area contributed by atoms with Gasteiger partial charge in [0.2, 0.25) is 0 Å². The summed E-state index contributed by atoms with van der Waals surface area (Å²) in [6, 6.07) is 9.22. The van der Waals surface area contributed by atoms with Gasteiger partial charge in [-0.3, -0.25) is 4.79 Å². The number of esters is 1. The minimum Gasteiger partial charge on any atom is -0.466 e. The summed E-state index contributed by atoms with van der Waals surface area (Å²) in [6.07, 6.45) is 0.542. The molecule has 17 heavy (non-hydrogen) atoms. The second-order valence-electron chi connectivity index (χ2n) is 4.23. The topological polar surface area (TPSA) is 46.5 Å². The number of carbonyl (C=O) groups is 1. The highest BCUT2D eigenvalue weighted by molar-refractivity contribution is 5.74. The van der Waals surface area contributed by atoms with Crippen LogP contribution in [-0.4, -0.2) is 17.7 Å². The number of hydrogen-bond acceptors (Lipinski definition) is 3. The van der Waals surface area contributed by atoms with Gasteiger partial charge in [-0.25, -0.2) is 0 Å². The number of carbonyl (C=O) groups excluding carboxylic acids is 1. The van der Waals surface area contributed by atoms with Crippen molar-refractivity contribution >= 4 is 5.97 Å². The van der Waals surface area contributed by atoms with Crippen LogP contribution in [0.3, 0.4) is 0 Å². The molecular formula is C14H20O3. The number of benzene rings is 1. The van der Waals surface area contributed by atoms with E-state index in [4.69, 9.17) is 4.74 Å². The first kappa shape index (κ1) is 13.7. The third-order valence-electron chi connectivity index (χ3n) is 3.02. The number of ether oxygens (including phenoxy) is 1. The number of rotatable bonds is 5. The lowest BCUT2D eigenvalue weighted by atomic mass is 9.81. The molecule has 0 aliphatic carbocycles. The Bertz CT molecular complexity index is 357. The SMILES string of the molecule is CCOC(=O)[C@@H](CC)[C@](C)(O)c1ccccc1. The zero-order chi connectivity index (χ0) is 12.9. The summed E-state index contributed by atoms with van der Waals surface area (Å²) < 4.78 is 5.00. The van der Waals surface area contributed by atoms with Gasteiger partial charge in [-0.05, 0) is 25.8 Å². The molecule has 0 amide bonds. The molecule has 94 valence electrons. The smallest absolute Gasteiger partial charge is 0.312 e. The number of hydrogen-bond donors (Lipinski definition) is 1. The molecule has 1 aromatic rings.